The number of carbonyl (C=O) groups is 1. The van der Waals surface area contributed by atoms with Crippen LogP contribution in [0, 0.1) is 0 Å². The first-order valence-corrected chi connectivity index (χ1v) is 7.16. The zero-order valence-electron chi connectivity index (χ0n) is 12.5. The lowest BCUT2D eigenvalue weighted by atomic mass is 10.1. The topological polar surface area (TPSA) is 56.1 Å². The molecule has 1 aromatic heterocycles. The quantitative estimate of drug-likeness (QED) is 0.796. The summed E-state index contributed by atoms with van der Waals surface area (Å²) in [7, 11) is 0. The fourth-order valence-electron chi connectivity index (χ4n) is 2.07. The Kier molecular flexibility index (Phi) is 5.51. The van der Waals surface area contributed by atoms with Crippen molar-refractivity contribution in [1.82, 2.24) is 14.9 Å². The SMILES string of the molecule is CCOCCC(=O)N[C@H](C)c1cccc(-n2ccnc2)c1. The zero-order chi connectivity index (χ0) is 15.1. The Morgan fingerprint density at radius 2 is 2.33 bits per heavy atom. The number of carbonyl (C=O) groups excluding carboxylic acids is 1. The minimum atomic E-state index is -0.0393. The molecule has 1 aromatic carbocycles. The number of imidazole rings is 1. The Balaban J connectivity index is 1.98. The van der Waals surface area contributed by atoms with Gasteiger partial charge in [-0.1, -0.05) is 12.1 Å². The summed E-state index contributed by atoms with van der Waals surface area (Å²) in [5.41, 5.74) is 2.09. The molecule has 5 heteroatoms. The molecule has 1 atom stereocenters. The van der Waals surface area contributed by atoms with E-state index in [1.54, 1.807) is 12.5 Å². The van der Waals surface area contributed by atoms with Gasteiger partial charge in [0.25, 0.3) is 0 Å². The molecule has 1 N–H and O–H groups in total. The van der Waals surface area contributed by atoms with Crippen LogP contribution in [0.3, 0.4) is 0 Å². The molecule has 2 aromatic rings. The van der Waals surface area contributed by atoms with Crippen LogP contribution in [-0.2, 0) is 9.53 Å². The van der Waals surface area contributed by atoms with Crippen molar-refractivity contribution in [3.63, 3.8) is 0 Å². The second-order valence-electron chi connectivity index (χ2n) is 4.80. The van der Waals surface area contributed by atoms with E-state index in [4.69, 9.17) is 4.74 Å². The van der Waals surface area contributed by atoms with Crippen LogP contribution < -0.4 is 5.32 Å². The smallest absolute Gasteiger partial charge is 0.222 e. The van der Waals surface area contributed by atoms with Crippen LogP contribution in [0.15, 0.2) is 43.0 Å². The third-order valence-corrected chi connectivity index (χ3v) is 3.23. The molecule has 1 amide bonds. The molecule has 0 bridgehead atoms. The van der Waals surface area contributed by atoms with Crippen LogP contribution in [0.2, 0.25) is 0 Å². The van der Waals surface area contributed by atoms with Crippen molar-refractivity contribution in [2.45, 2.75) is 26.3 Å². The van der Waals surface area contributed by atoms with Crippen LogP contribution in [-0.4, -0.2) is 28.7 Å². The highest BCUT2D eigenvalue weighted by Crippen LogP contribution is 2.16. The number of aromatic nitrogens is 2. The van der Waals surface area contributed by atoms with E-state index in [-0.39, 0.29) is 11.9 Å². The summed E-state index contributed by atoms with van der Waals surface area (Å²) >= 11 is 0. The zero-order valence-corrected chi connectivity index (χ0v) is 12.5. The van der Waals surface area contributed by atoms with Crippen molar-refractivity contribution in [2.75, 3.05) is 13.2 Å². The van der Waals surface area contributed by atoms with Gasteiger partial charge in [0.1, 0.15) is 0 Å². The summed E-state index contributed by atoms with van der Waals surface area (Å²) in [6.45, 7) is 4.99. The van der Waals surface area contributed by atoms with E-state index < -0.39 is 0 Å². The highest BCUT2D eigenvalue weighted by Gasteiger charge is 2.10. The van der Waals surface area contributed by atoms with E-state index in [0.29, 0.717) is 19.6 Å². The molecule has 0 unspecified atom stereocenters. The summed E-state index contributed by atoms with van der Waals surface area (Å²) in [5.74, 6) is 0.00369. The number of hydrogen-bond acceptors (Lipinski definition) is 3. The van der Waals surface area contributed by atoms with Crippen LogP contribution in [0.5, 0.6) is 0 Å². The van der Waals surface area contributed by atoms with E-state index in [1.165, 1.54) is 0 Å². The molecule has 0 fully saturated rings. The third-order valence-electron chi connectivity index (χ3n) is 3.23. The summed E-state index contributed by atoms with van der Waals surface area (Å²) < 4.78 is 7.13. The fraction of sp³-hybridized carbons (Fsp3) is 0.375. The third kappa shape index (κ3) is 4.43. The first-order chi connectivity index (χ1) is 10.2. The maximum Gasteiger partial charge on any atom is 0.222 e. The molecule has 0 spiro atoms. The minimum absolute atomic E-state index is 0.00369. The van der Waals surface area contributed by atoms with Crippen molar-refractivity contribution in [3.8, 4) is 5.69 Å². The second kappa shape index (κ2) is 7.59. The molecule has 0 saturated carbocycles. The van der Waals surface area contributed by atoms with E-state index in [2.05, 4.69) is 16.4 Å². The van der Waals surface area contributed by atoms with Crippen molar-refractivity contribution in [2.24, 2.45) is 0 Å². The van der Waals surface area contributed by atoms with Gasteiger partial charge in [-0.05, 0) is 31.5 Å². The normalized spacial score (nSPS) is 12.1. The van der Waals surface area contributed by atoms with E-state index in [1.807, 2.05) is 42.8 Å². The lowest BCUT2D eigenvalue weighted by molar-refractivity contribution is -0.122. The Morgan fingerprint density at radius 1 is 1.48 bits per heavy atom. The lowest BCUT2D eigenvalue weighted by Crippen LogP contribution is -2.27. The number of benzene rings is 1. The molecule has 0 aliphatic rings. The van der Waals surface area contributed by atoms with Crippen LogP contribution in [0.4, 0.5) is 0 Å². The number of ether oxygens (including phenoxy) is 1. The molecule has 112 valence electrons. The Bertz CT molecular complexity index is 567. The van der Waals surface area contributed by atoms with E-state index >= 15 is 0 Å². The predicted octanol–water partition coefficient (Wildman–Crippen LogP) is 2.48. The van der Waals surface area contributed by atoms with Gasteiger partial charge in [0.15, 0.2) is 0 Å². The Morgan fingerprint density at radius 3 is 3.05 bits per heavy atom. The van der Waals surface area contributed by atoms with Crippen molar-refractivity contribution in [1.29, 1.82) is 0 Å². The first kappa shape index (κ1) is 15.3. The molecule has 0 aliphatic heterocycles. The molecular weight excluding hydrogens is 266 g/mol. The average Bonchev–Trinajstić information content (AvgIpc) is 3.02. The molecule has 21 heavy (non-hydrogen) atoms. The van der Waals surface area contributed by atoms with Crippen molar-refractivity contribution in [3.05, 3.63) is 48.5 Å². The summed E-state index contributed by atoms with van der Waals surface area (Å²) in [5, 5.41) is 2.98. The Hall–Kier alpha value is -2.14. The maximum absolute atomic E-state index is 11.8. The summed E-state index contributed by atoms with van der Waals surface area (Å²) in [6.07, 6.45) is 5.78. The number of hydrogen-bond donors (Lipinski definition) is 1. The van der Waals surface area contributed by atoms with E-state index in [9.17, 15) is 4.79 Å². The van der Waals surface area contributed by atoms with Crippen LogP contribution >= 0.6 is 0 Å². The molecule has 0 radical (unpaired) electrons. The van der Waals surface area contributed by atoms with Crippen LogP contribution in [0.1, 0.15) is 31.9 Å². The molecular formula is C16H21N3O2. The van der Waals surface area contributed by atoms with Gasteiger partial charge in [-0.15, -0.1) is 0 Å². The lowest BCUT2D eigenvalue weighted by Gasteiger charge is -2.15. The van der Waals surface area contributed by atoms with Gasteiger partial charge < -0.3 is 14.6 Å². The van der Waals surface area contributed by atoms with Gasteiger partial charge in [-0.2, -0.15) is 0 Å². The number of nitrogens with zero attached hydrogens (tertiary/aromatic N) is 2. The molecule has 0 aliphatic carbocycles. The summed E-state index contributed by atoms with van der Waals surface area (Å²) in [4.78, 5) is 15.9. The van der Waals surface area contributed by atoms with Crippen molar-refractivity contribution < 1.29 is 9.53 Å². The molecule has 1 heterocycles. The second-order valence-corrected chi connectivity index (χ2v) is 4.80. The summed E-state index contributed by atoms with van der Waals surface area (Å²) in [6, 6.07) is 8.01. The van der Waals surface area contributed by atoms with Gasteiger partial charge in [0.2, 0.25) is 5.91 Å². The predicted molar refractivity (Wildman–Crippen MR) is 81.2 cm³/mol. The molecule has 2 rings (SSSR count). The highest BCUT2D eigenvalue weighted by molar-refractivity contribution is 5.76. The maximum atomic E-state index is 11.8. The van der Waals surface area contributed by atoms with Gasteiger partial charge in [0.05, 0.1) is 19.0 Å². The number of rotatable bonds is 7. The van der Waals surface area contributed by atoms with Gasteiger partial charge in [-0.3, -0.25) is 4.79 Å². The number of amides is 1. The largest absolute Gasteiger partial charge is 0.381 e. The van der Waals surface area contributed by atoms with E-state index in [0.717, 1.165) is 11.3 Å². The van der Waals surface area contributed by atoms with Crippen LogP contribution in [0.25, 0.3) is 5.69 Å². The molecule has 5 nitrogen and oxygen atoms in total. The van der Waals surface area contributed by atoms with Crippen molar-refractivity contribution >= 4 is 5.91 Å². The fourth-order valence-corrected chi connectivity index (χ4v) is 2.07. The molecule has 0 saturated heterocycles. The van der Waals surface area contributed by atoms with Gasteiger partial charge in [0, 0.05) is 31.1 Å². The minimum Gasteiger partial charge on any atom is -0.381 e. The first-order valence-electron chi connectivity index (χ1n) is 7.16. The van der Waals surface area contributed by atoms with Gasteiger partial charge in [-0.25, -0.2) is 4.98 Å². The van der Waals surface area contributed by atoms with Gasteiger partial charge >= 0.3 is 0 Å². The number of nitrogens with one attached hydrogen (secondary N) is 1. The average molecular weight is 287 g/mol. The monoisotopic (exact) mass is 287 g/mol. The standard InChI is InChI=1S/C16H21N3O2/c1-3-21-10-7-16(20)18-13(2)14-5-4-6-15(11-14)19-9-8-17-12-19/h4-6,8-9,11-13H,3,7,10H2,1-2H3,(H,18,20)/t13-/m1/s1. The Labute approximate surface area is 125 Å². The highest BCUT2D eigenvalue weighted by atomic mass is 16.5.